The number of alkyl halides is 3. The Bertz CT molecular complexity index is 1080. The molecule has 2 aliphatic rings. The van der Waals surface area contributed by atoms with E-state index in [2.05, 4.69) is 14.3 Å². The highest BCUT2D eigenvalue weighted by Crippen LogP contribution is 2.31. The van der Waals surface area contributed by atoms with E-state index in [0.717, 1.165) is 4.90 Å². The van der Waals surface area contributed by atoms with Gasteiger partial charge in [-0.2, -0.15) is 26.7 Å². The maximum Gasteiger partial charge on any atom is 0.451 e. The molecule has 0 radical (unpaired) electrons. The van der Waals surface area contributed by atoms with Crippen LogP contribution in [0.5, 0.6) is 0 Å². The van der Waals surface area contributed by atoms with E-state index in [0.29, 0.717) is 17.5 Å². The van der Waals surface area contributed by atoms with Gasteiger partial charge in [-0.25, -0.2) is 23.2 Å². The van der Waals surface area contributed by atoms with Crippen molar-refractivity contribution in [2.24, 2.45) is 0 Å². The molecule has 0 saturated carbocycles. The summed E-state index contributed by atoms with van der Waals surface area (Å²) in [5.74, 6) is -2.23. The van der Waals surface area contributed by atoms with E-state index >= 15 is 0 Å². The summed E-state index contributed by atoms with van der Waals surface area (Å²) in [6.45, 7) is -0.105. The first-order chi connectivity index (χ1) is 13.7. The Kier molecular flexibility index (Phi) is 5.37. The van der Waals surface area contributed by atoms with Crippen LogP contribution in [-0.2, 0) is 30.9 Å². The molecule has 3 N–H and O–H groups in total. The summed E-state index contributed by atoms with van der Waals surface area (Å²) in [4.78, 5) is 18.4. The number of aromatic nitrogens is 2. The molecule has 2 aliphatic heterocycles. The first-order valence-corrected chi connectivity index (χ1v) is 10.8. The summed E-state index contributed by atoms with van der Waals surface area (Å²) < 4.78 is 98.7. The predicted octanol–water partition coefficient (Wildman–Crippen LogP) is -0.246. The van der Waals surface area contributed by atoms with Crippen molar-refractivity contribution >= 4 is 32.3 Å². The lowest BCUT2D eigenvalue weighted by molar-refractivity contribution is -0.145. The number of carbonyl (C=O) groups is 1. The van der Waals surface area contributed by atoms with E-state index in [9.17, 15) is 34.8 Å². The van der Waals surface area contributed by atoms with Gasteiger partial charge < -0.3 is 4.90 Å². The van der Waals surface area contributed by atoms with Crippen LogP contribution in [0.1, 0.15) is 18.7 Å². The molecule has 0 aliphatic carbocycles. The third-order valence-electron chi connectivity index (χ3n) is 4.27. The Morgan fingerprint density at radius 2 is 1.83 bits per heavy atom. The Morgan fingerprint density at radius 3 is 2.37 bits per heavy atom. The standard InChI is InChI=1S/C12H13F3N6O7S2/c13-12(14,15)10-17-3-7(4-18-10)29(23,24)19-9(16)8-2-1-6-5-20(8)11(22)21(6)28-30(25,26)27/h3-4,6,8H,1-2,5H2,(H2,16,19)(H,25,26,27). The van der Waals surface area contributed by atoms with E-state index < -0.39 is 61.3 Å². The Morgan fingerprint density at radius 1 is 1.23 bits per heavy atom. The minimum Gasteiger partial charge on any atom is -0.310 e. The van der Waals surface area contributed by atoms with Crippen molar-refractivity contribution in [1.29, 1.82) is 5.41 Å². The van der Waals surface area contributed by atoms with Gasteiger partial charge in [0, 0.05) is 6.54 Å². The Labute approximate surface area is 167 Å². The minimum absolute atomic E-state index is 0.0482. The topological polar surface area (TPSA) is 183 Å². The number of halogens is 3. The average Bonchev–Trinajstić information content (AvgIpc) is 2.84. The molecule has 30 heavy (non-hydrogen) atoms. The summed E-state index contributed by atoms with van der Waals surface area (Å²) >= 11 is 0. The van der Waals surface area contributed by atoms with Crippen molar-refractivity contribution in [1.82, 2.24) is 24.7 Å². The van der Waals surface area contributed by atoms with E-state index in [1.165, 1.54) is 0 Å². The van der Waals surface area contributed by atoms with Crippen LogP contribution in [0.4, 0.5) is 18.0 Å². The molecule has 13 nitrogen and oxygen atoms in total. The van der Waals surface area contributed by atoms with Gasteiger partial charge in [0.05, 0.1) is 24.5 Å². The molecule has 166 valence electrons. The van der Waals surface area contributed by atoms with Crippen LogP contribution in [0.3, 0.4) is 0 Å². The van der Waals surface area contributed by atoms with Crippen LogP contribution in [0.15, 0.2) is 17.3 Å². The first kappa shape index (κ1) is 22.1. The second kappa shape index (κ2) is 7.29. The van der Waals surface area contributed by atoms with Gasteiger partial charge in [-0.15, -0.1) is 4.28 Å². The molecule has 2 amide bonds. The normalized spacial score (nSPS) is 22.3. The number of nitrogens with zero attached hydrogens (tertiary/aromatic N) is 4. The molecular formula is C12H13F3N6O7S2. The maximum absolute atomic E-state index is 12.5. The SMILES string of the molecule is N=C(NS(=O)(=O)c1cnc(C(F)(F)F)nc1)C1CCC2CN1C(=O)N2OS(=O)(=O)O. The predicted molar refractivity (Wildman–Crippen MR) is 88.5 cm³/mol. The van der Waals surface area contributed by atoms with Crippen molar-refractivity contribution in [2.75, 3.05) is 6.54 Å². The number of hydroxylamine groups is 2. The second-order valence-corrected chi connectivity index (χ2v) is 8.96. The highest BCUT2D eigenvalue weighted by Gasteiger charge is 2.49. The number of nitrogens with one attached hydrogen (secondary N) is 2. The maximum atomic E-state index is 12.5. The molecule has 2 fully saturated rings. The summed E-state index contributed by atoms with van der Waals surface area (Å²) in [5, 5.41) is 8.40. The summed E-state index contributed by atoms with van der Waals surface area (Å²) in [6, 6.07) is -2.88. The van der Waals surface area contributed by atoms with Crippen molar-refractivity contribution in [2.45, 2.75) is 36.0 Å². The Balaban J connectivity index is 1.74. The highest BCUT2D eigenvalue weighted by atomic mass is 32.3. The van der Waals surface area contributed by atoms with E-state index in [1.807, 2.05) is 4.72 Å². The molecule has 1 aromatic rings. The number of carbonyl (C=O) groups excluding carboxylic acids is 1. The number of sulfonamides is 1. The molecule has 2 bridgehead atoms. The fourth-order valence-corrected chi connectivity index (χ4v) is 4.32. The van der Waals surface area contributed by atoms with Crippen molar-refractivity contribution in [3.05, 3.63) is 18.2 Å². The van der Waals surface area contributed by atoms with Gasteiger partial charge in [0.15, 0.2) is 0 Å². The Hall–Kier alpha value is -2.57. The van der Waals surface area contributed by atoms with Gasteiger partial charge >= 0.3 is 22.6 Å². The lowest BCUT2D eigenvalue weighted by Gasteiger charge is -2.30. The average molecular weight is 474 g/mol. The van der Waals surface area contributed by atoms with E-state index in [1.54, 1.807) is 0 Å². The molecule has 3 rings (SSSR count). The zero-order chi connectivity index (χ0) is 22.5. The van der Waals surface area contributed by atoms with Gasteiger partial charge in [-0.1, -0.05) is 0 Å². The summed E-state index contributed by atoms with van der Waals surface area (Å²) in [5.41, 5.74) is 0. The number of urea groups is 1. The van der Waals surface area contributed by atoms with Crippen LogP contribution >= 0.6 is 0 Å². The van der Waals surface area contributed by atoms with Gasteiger partial charge in [0.25, 0.3) is 10.0 Å². The highest BCUT2D eigenvalue weighted by molar-refractivity contribution is 7.90. The fourth-order valence-electron chi connectivity index (χ4n) is 3.00. The minimum atomic E-state index is -4.98. The van der Waals surface area contributed by atoms with Gasteiger partial charge in [-0.05, 0) is 12.8 Å². The van der Waals surface area contributed by atoms with Crippen LogP contribution in [-0.4, -0.2) is 71.8 Å². The summed E-state index contributed by atoms with van der Waals surface area (Å²) in [6.07, 6.45) is -3.86. The number of fused-ring (bicyclic) bond motifs is 2. The van der Waals surface area contributed by atoms with Crippen LogP contribution in [0.2, 0.25) is 0 Å². The number of hydrogen-bond acceptors (Lipinski definition) is 9. The largest absolute Gasteiger partial charge is 0.451 e. The van der Waals surface area contributed by atoms with Crippen molar-refractivity contribution in [3.8, 4) is 0 Å². The van der Waals surface area contributed by atoms with Crippen molar-refractivity contribution < 1.29 is 43.6 Å². The van der Waals surface area contributed by atoms with Crippen LogP contribution < -0.4 is 4.72 Å². The molecule has 1 aromatic heterocycles. The molecular weight excluding hydrogens is 461 g/mol. The number of amides is 2. The first-order valence-electron chi connectivity index (χ1n) is 7.96. The zero-order valence-electron chi connectivity index (χ0n) is 14.6. The van der Waals surface area contributed by atoms with Gasteiger partial charge in [0.2, 0.25) is 5.82 Å². The van der Waals surface area contributed by atoms with Gasteiger partial charge in [0.1, 0.15) is 10.7 Å². The molecule has 2 unspecified atom stereocenters. The molecule has 2 saturated heterocycles. The van der Waals surface area contributed by atoms with E-state index in [4.69, 9.17) is 9.96 Å². The number of rotatable bonds is 5. The molecule has 2 atom stereocenters. The van der Waals surface area contributed by atoms with Crippen molar-refractivity contribution in [3.63, 3.8) is 0 Å². The summed E-state index contributed by atoms with van der Waals surface area (Å²) in [7, 11) is -9.51. The quantitative estimate of drug-likeness (QED) is 0.294. The van der Waals surface area contributed by atoms with Crippen LogP contribution in [0.25, 0.3) is 0 Å². The monoisotopic (exact) mass is 474 g/mol. The number of hydrogen-bond donors (Lipinski definition) is 3. The molecule has 18 heteroatoms. The third kappa shape index (κ3) is 4.45. The number of amidine groups is 1. The molecule has 3 heterocycles. The lowest BCUT2D eigenvalue weighted by atomic mass is 10.0. The molecule has 0 aromatic carbocycles. The number of piperidine rings is 1. The van der Waals surface area contributed by atoms with Gasteiger partial charge in [-0.3, -0.25) is 14.7 Å². The third-order valence-corrected chi connectivity index (χ3v) is 5.94. The zero-order valence-corrected chi connectivity index (χ0v) is 16.2. The van der Waals surface area contributed by atoms with E-state index in [-0.39, 0.29) is 19.4 Å². The fraction of sp³-hybridized carbons (Fsp3) is 0.500. The molecule has 0 spiro atoms. The van der Waals surface area contributed by atoms with Crippen LogP contribution in [0, 0.1) is 5.41 Å². The second-order valence-electron chi connectivity index (χ2n) is 6.27. The lowest BCUT2D eigenvalue weighted by Crippen LogP contribution is -2.50. The smallest absolute Gasteiger partial charge is 0.310 e.